The normalized spacial score (nSPS) is 14.3. The van der Waals surface area contributed by atoms with Crippen molar-refractivity contribution in [3.63, 3.8) is 0 Å². The number of hydrogen-bond acceptors (Lipinski definition) is 5. The Morgan fingerprint density at radius 3 is 2.59 bits per heavy atom. The first-order valence-corrected chi connectivity index (χ1v) is 9.71. The monoisotopic (exact) mass is 389 g/mol. The van der Waals surface area contributed by atoms with E-state index in [9.17, 15) is 9.59 Å². The number of amides is 1. The quantitative estimate of drug-likeness (QED) is 0.638. The van der Waals surface area contributed by atoms with Gasteiger partial charge in [0, 0.05) is 55.0 Å². The Hall–Kier alpha value is -3.45. The lowest BCUT2D eigenvalue weighted by Crippen LogP contribution is -2.27. The number of anilines is 2. The molecule has 7 heteroatoms. The van der Waals surface area contributed by atoms with Gasteiger partial charge in [0.2, 0.25) is 0 Å². The minimum Gasteiger partial charge on any atom is -0.370 e. The molecular formula is C22H23N5O2. The van der Waals surface area contributed by atoms with Gasteiger partial charge in [0.1, 0.15) is 5.69 Å². The summed E-state index contributed by atoms with van der Waals surface area (Å²) in [5, 5.41) is 6.11. The lowest BCUT2D eigenvalue weighted by molar-refractivity contribution is 0.102. The Morgan fingerprint density at radius 2 is 1.79 bits per heavy atom. The van der Waals surface area contributed by atoms with Gasteiger partial charge in [-0.2, -0.15) is 0 Å². The zero-order chi connectivity index (χ0) is 20.1. The summed E-state index contributed by atoms with van der Waals surface area (Å²) in [5.41, 5.74) is 3.19. The first-order chi connectivity index (χ1) is 14.2. The molecule has 1 fully saturated rings. The van der Waals surface area contributed by atoms with E-state index in [-0.39, 0.29) is 17.2 Å². The molecule has 3 heterocycles. The summed E-state index contributed by atoms with van der Waals surface area (Å²) in [5.74, 6) is -0.313. The highest BCUT2D eigenvalue weighted by molar-refractivity contribution is 6.04. The highest BCUT2D eigenvalue weighted by atomic mass is 16.2. The van der Waals surface area contributed by atoms with Crippen LogP contribution < -0.4 is 21.1 Å². The molecule has 0 spiro atoms. The van der Waals surface area contributed by atoms with Crippen molar-refractivity contribution in [2.24, 2.45) is 0 Å². The molecular weight excluding hydrogens is 366 g/mol. The Morgan fingerprint density at radius 1 is 1.00 bits per heavy atom. The summed E-state index contributed by atoms with van der Waals surface area (Å²) in [7, 11) is 0. The largest absolute Gasteiger partial charge is 0.370 e. The topological polar surface area (TPSA) is 90.1 Å². The van der Waals surface area contributed by atoms with Crippen LogP contribution in [0.3, 0.4) is 0 Å². The smallest absolute Gasteiger partial charge is 0.271 e. The zero-order valence-corrected chi connectivity index (χ0v) is 16.0. The van der Waals surface area contributed by atoms with Crippen LogP contribution in [0.15, 0.2) is 65.8 Å². The zero-order valence-electron chi connectivity index (χ0n) is 16.0. The van der Waals surface area contributed by atoms with Crippen LogP contribution in [-0.2, 0) is 0 Å². The third-order valence-electron chi connectivity index (χ3n) is 5.00. The number of nitrogens with zero attached hydrogens (tertiary/aromatic N) is 2. The molecule has 7 nitrogen and oxygen atoms in total. The van der Waals surface area contributed by atoms with E-state index in [0.29, 0.717) is 5.56 Å². The van der Waals surface area contributed by atoms with Crippen LogP contribution in [0.2, 0.25) is 0 Å². The van der Waals surface area contributed by atoms with Gasteiger partial charge in [0.05, 0.1) is 0 Å². The predicted octanol–water partition coefficient (Wildman–Crippen LogP) is 2.49. The molecule has 1 saturated heterocycles. The molecule has 0 bridgehead atoms. The summed E-state index contributed by atoms with van der Waals surface area (Å²) in [4.78, 5) is 33.8. The molecule has 0 radical (unpaired) electrons. The van der Waals surface area contributed by atoms with Crippen LogP contribution in [0.1, 0.15) is 16.8 Å². The van der Waals surface area contributed by atoms with Gasteiger partial charge in [0.15, 0.2) is 0 Å². The summed E-state index contributed by atoms with van der Waals surface area (Å²) in [6.45, 7) is 3.93. The number of aromatic amines is 1. The van der Waals surface area contributed by atoms with Crippen molar-refractivity contribution in [2.45, 2.75) is 6.42 Å². The minimum atomic E-state index is -0.343. The number of nitrogens with one attached hydrogen (secondary N) is 3. The highest BCUT2D eigenvalue weighted by Crippen LogP contribution is 2.20. The number of benzene rings is 1. The average Bonchev–Trinajstić information content (AvgIpc) is 3.05. The number of pyridine rings is 2. The van der Waals surface area contributed by atoms with Crippen molar-refractivity contribution in [3.05, 3.63) is 77.0 Å². The molecule has 0 unspecified atom stereocenters. The van der Waals surface area contributed by atoms with E-state index in [4.69, 9.17) is 0 Å². The van der Waals surface area contributed by atoms with E-state index in [1.165, 1.54) is 0 Å². The van der Waals surface area contributed by atoms with E-state index in [1.807, 2.05) is 24.3 Å². The number of carbonyl (C=O) groups excluding carboxylic acids is 1. The third kappa shape index (κ3) is 4.52. The number of carbonyl (C=O) groups is 1. The van der Waals surface area contributed by atoms with E-state index < -0.39 is 0 Å². The van der Waals surface area contributed by atoms with E-state index in [0.717, 1.165) is 49.4 Å². The molecule has 3 aromatic rings. The maximum Gasteiger partial charge on any atom is 0.271 e. The average molecular weight is 389 g/mol. The van der Waals surface area contributed by atoms with E-state index in [2.05, 4.69) is 25.5 Å². The van der Waals surface area contributed by atoms with Gasteiger partial charge in [-0.3, -0.25) is 14.6 Å². The fourth-order valence-corrected chi connectivity index (χ4v) is 3.41. The molecule has 1 aliphatic heterocycles. The summed E-state index contributed by atoms with van der Waals surface area (Å²) >= 11 is 0. The Kier molecular flexibility index (Phi) is 5.67. The van der Waals surface area contributed by atoms with Crippen LogP contribution in [-0.4, -0.2) is 42.1 Å². The lowest BCUT2D eigenvalue weighted by Gasteiger charge is -2.22. The van der Waals surface area contributed by atoms with Crippen LogP contribution >= 0.6 is 0 Å². The van der Waals surface area contributed by atoms with Gasteiger partial charge in [-0.1, -0.05) is 0 Å². The fraction of sp³-hybridized carbons (Fsp3) is 0.227. The summed E-state index contributed by atoms with van der Waals surface area (Å²) in [6.07, 6.45) is 6.08. The maximum atomic E-state index is 12.7. The first-order valence-electron chi connectivity index (χ1n) is 9.71. The lowest BCUT2D eigenvalue weighted by atomic mass is 10.1. The van der Waals surface area contributed by atoms with Gasteiger partial charge in [-0.25, -0.2) is 0 Å². The van der Waals surface area contributed by atoms with Gasteiger partial charge in [-0.05, 0) is 61.0 Å². The number of aromatic nitrogens is 2. The molecule has 4 rings (SSSR count). The molecule has 1 amide bonds. The van der Waals surface area contributed by atoms with Crippen molar-refractivity contribution in [3.8, 4) is 11.1 Å². The van der Waals surface area contributed by atoms with Crippen LogP contribution in [0.25, 0.3) is 11.1 Å². The van der Waals surface area contributed by atoms with Gasteiger partial charge in [-0.15, -0.1) is 0 Å². The number of hydrogen-bond donors (Lipinski definition) is 3. The maximum absolute atomic E-state index is 12.7. The minimum absolute atomic E-state index is 0.215. The number of H-pyrrole nitrogens is 1. The molecule has 1 aliphatic rings. The summed E-state index contributed by atoms with van der Waals surface area (Å²) < 4.78 is 0. The highest BCUT2D eigenvalue weighted by Gasteiger charge is 2.13. The molecule has 0 atom stereocenters. The standard InChI is InChI=1S/C22H23N5O2/c28-21(17-2-4-19(5-3-17)27-12-1-8-23-11-13-27)26-20-14-18(15-25-22(20)29)16-6-9-24-10-7-16/h2-7,9-10,14-15,23H,1,8,11-13H2,(H,25,29)(H,26,28). The number of rotatable bonds is 4. The first kappa shape index (κ1) is 18.9. The van der Waals surface area contributed by atoms with Crippen LogP contribution in [0, 0.1) is 0 Å². The van der Waals surface area contributed by atoms with Crippen molar-refractivity contribution in [1.82, 2.24) is 15.3 Å². The Labute approximate surface area is 168 Å². The SMILES string of the molecule is O=C(Nc1cc(-c2ccncc2)c[nH]c1=O)c1ccc(N2CCCNCC2)cc1. The fourth-order valence-electron chi connectivity index (χ4n) is 3.41. The second-order valence-corrected chi connectivity index (χ2v) is 6.96. The molecule has 0 saturated carbocycles. The van der Waals surface area contributed by atoms with Crippen molar-refractivity contribution in [2.75, 3.05) is 36.4 Å². The third-order valence-corrected chi connectivity index (χ3v) is 5.00. The van der Waals surface area contributed by atoms with Gasteiger partial charge in [0.25, 0.3) is 11.5 Å². The van der Waals surface area contributed by atoms with E-state index >= 15 is 0 Å². The van der Waals surface area contributed by atoms with Crippen molar-refractivity contribution in [1.29, 1.82) is 0 Å². The molecule has 2 aromatic heterocycles. The molecule has 0 aliphatic carbocycles. The second kappa shape index (κ2) is 8.70. The van der Waals surface area contributed by atoms with Crippen LogP contribution in [0.4, 0.5) is 11.4 Å². The molecule has 3 N–H and O–H groups in total. The molecule has 1 aromatic carbocycles. The van der Waals surface area contributed by atoms with Crippen LogP contribution in [0.5, 0.6) is 0 Å². The predicted molar refractivity (Wildman–Crippen MR) is 114 cm³/mol. The van der Waals surface area contributed by atoms with Gasteiger partial charge < -0.3 is 20.5 Å². The van der Waals surface area contributed by atoms with E-state index in [1.54, 1.807) is 36.8 Å². The molecule has 29 heavy (non-hydrogen) atoms. The van der Waals surface area contributed by atoms with Crippen molar-refractivity contribution >= 4 is 17.3 Å². The summed E-state index contributed by atoms with van der Waals surface area (Å²) in [6, 6.07) is 12.9. The molecule has 148 valence electrons. The second-order valence-electron chi connectivity index (χ2n) is 6.96. The Balaban J connectivity index is 1.50. The Bertz CT molecular complexity index is 1020. The van der Waals surface area contributed by atoms with Crippen molar-refractivity contribution < 1.29 is 4.79 Å². The van der Waals surface area contributed by atoms with Gasteiger partial charge >= 0.3 is 0 Å².